The third-order valence-corrected chi connectivity index (χ3v) is 5.57. The number of hydrazine groups is 1. The normalized spacial score (nSPS) is 23.5. The van der Waals surface area contributed by atoms with Crippen molar-refractivity contribution in [3.05, 3.63) is 52.6 Å². The first-order valence-corrected chi connectivity index (χ1v) is 8.72. The zero-order chi connectivity index (χ0) is 19.2. The van der Waals surface area contributed by atoms with E-state index in [0.29, 0.717) is 18.2 Å². The van der Waals surface area contributed by atoms with Gasteiger partial charge in [0, 0.05) is 25.1 Å². The zero-order valence-corrected chi connectivity index (χ0v) is 15.5. The lowest BCUT2D eigenvalue weighted by Gasteiger charge is -2.34. The topological polar surface area (TPSA) is 43.8 Å². The Kier molecular flexibility index (Phi) is 4.65. The first-order valence-electron chi connectivity index (χ1n) is 8.72. The van der Waals surface area contributed by atoms with Crippen LogP contribution in [0.4, 0.5) is 14.5 Å². The van der Waals surface area contributed by atoms with Crippen molar-refractivity contribution in [2.45, 2.75) is 39.2 Å². The highest BCUT2D eigenvalue weighted by molar-refractivity contribution is 5.78. The molecule has 1 unspecified atom stereocenters. The van der Waals surface area contributed by atoms with E-state index in [9.17, 15) is 13.6 Å². The van der Waals surface area contributed by atoms with Gasteiger partial charge < -0.3 is 10.1 Å². The van der Waals surface area contributed by atoms with Crippen molar-refractivity contribution in [2.24, 2.45) is 5.92 Å². The SMILES string of the molecule is CC1=CC=C(C)[C@H](CN2c3cc(C(F)(F)C(=O)O)ccc3C(C)N2C)C1. The van der Waals surface area contributed by atoms with Crippen LogP contribution in [0.3, 0.4) is 0 Å². The Morgan fingerprint density at radius 1 is 1.31 bits per heavy atom. The number of benzene rings is 1. The molecule has 26 heavy (non-hydrogen) atoms. The van der Waals surface area contributed by atoms with E-state index in [1.807, 2.05) is 24.0 Å². The molecule has 1 heterocycles. The van der Waals surface area contributed by atoms with Gasteiger partial charge in [-0.15, -0.1) is 0 Å². The highest BCUT2D eigenvalue weighted by Crippen LogP contribution is 2.43. The molecule has 1 aliphatic heterocycles. The summed E-state index contributed by atoms with van der Waals surface area (Å²) in [7, 11) is 1.93. The lowest BCUT2D eigenvalue weighted by Crippen LogP contribution is -2.40. The minimum Gasteiger partial charge on any atom is -0.477 e. The van der Waals surface area contributed by atoms with Crippen LogP contribution < -0.4 is 5.01 Å². The van der Waals surface area contributed by atoms with Gasteiger partial charge in [-0.2, -0.15) is 8.78 Å². The highest BCUT2D eigenvalue weighted by atomic mass is 19.3. The summed E-state index contributed by atoms with van der Waals surface area (Å²) in [5, 5.41) is 12.9. The van der Waals surface area contributed by atoms with Gasteiger partial charge in [0.2, 0.25) is 0 Å². The molecule has 3 rings (SSSR count). The molecule has 1 aromatic carbocycles. The highest BCUT2D eigenvalue weighted by Gasteiger charge is 2.43. The number of carboxylic acids is 1. The molecular weight excluding hydrogens is 338 g/mol. The lowest BCUT2D eigenvalue weighted by molar-refractivity contribution is -0.166. The van der Waals surface area contributed by atoms with E-state index >= 15 is 0 Å². The van der Waals surface area contributed by atoms with Crippen molar-refractivity contribution < 1.29 is 18.7 Å². The van der Waals surface area contributed by atoms with Gasteiger partial charge in [0.15, 0.2) is 0 Å². The molecule has 6 heteroatoms. The van der Waals surface area contributed by atoms with Gasteiger partial charge in [-0.05, 0) is 38.8 Å². The van der Waals surface area contributed by atoms with Gasteiger partial charge in [-0.1, -0.05) is 35.4 Å². The fraction of sp³-hybridized carbons (Fsp3) is 0.450. The molecule has 0 saturated carbocycles. The van der Waals surface area contributed by atoms with E-state index in [4.69, 9.17) is 5.11 Å². The second-order valence-corrected chi connectivity index (χ2v) is 7.31. The third kappa shape index (κ3) is 3.03. The summed E-state index contributed by atoms with van der Waals surface area (Å²) in [6.45, 7) is 6.86. The van der Waals surface area contributed by atoms with Crippen LogP contribution in [0.1, 0.15) is 44.4 Å². The summed E-state index contributed by atoms with van der Waals surface area (Å²) in [5.41, 5.74) is 3.67. The molecule has 140 valence electrons. The van der Waals surface area contributed by atoms with Gasteiger partial charge in [-0.3, -0.25) is 0 Å². The second kappa shape index (κ2) is 6.50. The molecule has 0 amide bonds. The molecule has 1 aromatic rings. The maximum absolute atomic E-state index is 14.0. The van der Waals surface area contributed by atoms with Crippen LogP contribution in [0.2, 0.25) is 0 Å². The average molecular weight is 362 g/mol. The predicted molar refractivity (Wildman–Crippen MR) is 97.1 cm³/mol. The van der Waals surface area contributed by atoms with Gasteiger partial charge in [0.1, 0.15) is 0 Å². The number of alkyl halides is 2. The number of aliphatic carboxylic acids is 1. The van der Waals surface area contributed by atoms with Crippen LogP contribution in [-0.4, -0.2) is 29.7 Å². The predicted octanol–water partition coefficient (Wildman–Crippen LogP) is 4.50. The molecule has 0 saturated heterocycles. The number of halogens is 2. The fourth-order valence-corrected chi connectivity index (χ4v) is 3.69. The zero-order valence-electron chi connectivity index (χ0n) is 15.5. The van der Waals surface area contributed by atoms with Gasteiger partial charge in [0.05, 0.1) is 11.7 Å². The average Bonchev–Trinajstić information content (AvgIpc) is 2.82. The van der Waals surface area contributed by atoms with E-state index < -0.39 is 17.5 Å². The lowest BCUT2D eigenvalue weighted by atomic mass is 9.88. The molecule has 0 bridgehead atoms. The van der Waals surface area contributed by atoms with Crippen LogP contribution >= 0.6 is 0 Å². The van der Waals surface area contributed by atoms with Gasteiger partial charge >= 0.3 is 11.9 Å². The third-order valence-electron chi connectivity index (χ3n) is 5.57. The van der Waals surface area contributed by atoms with E-state index in [2.05, 4.69) is 26.0 Å². The monoisotopic (exact) mass is 362 g/mol. The Bertz CT molecular complexity index is 801. The maximum Gasteiger partial charge on any atom is 0.379 e. The van der Waals surface area contributed by atoms with E-state index in [0.717, 1.165) is 12.0 Å². The minimum atomic E-state index is -3.90. The number of allylic oxidation sites excluding steroid dienone is 3. The number of rotatable bonds is 4. The Morgan fingerprint density at radius 3 is 2.65 bits per heavy atom. The van der Waals surface area contributed by atoms with Crippen molar-refractivity contribution in [2.75, 3.05) is 18.6 Å². The summed E-state index contributed by atoms with van der Waals surface area (Å²) in [5.74, 6) is -5.73. The standard InChI is InChI=1S/C20H24F2N2O2/c1-12-5-6-13(2)15(9-12)11-24-18-10-16(20(21,22)19(25)26)7-8-17(18)14(3)23(24)4/h5-8,10,14-15H,9,11H2,1-4H3,(H,25,26)/t14?,15-/m0/s1. The van der Waals surface area contributed by atoms with Crippen molar-refractivity contribution >= 4 is 11.7 Å². The van der Waals surface area contributed by atoms with E-state index in [1.165, 1.54) is 23.3 Å². The largest absolute Gasteiger partial charge is 0.477 e. The molecule has 0 fully saturated rings. The summed E-state index contributed by atoms with van der Waals surface area (Å²) in [6.07, 6.45) is 5.15. The number of fused-ring (bicyclic) bond motifs is 1. The number of carbonyl (C=O) groups is 1. The van der Waals surface area contributed by atoms with Crippen molar-refractivity contribution in [1.82, 2.24) is 5.01 Å². The summed E-state index contributed by atoms with van der Waals surface area (Å²) >= 11 is 0. The van der Waals surface area contributed by atoms with Crippen molar-refractivity contribution in [1.29, 1.82) is 0 Å². The molecule has 2 atom stereocenters. The number of hydrogen-bond donors (Lipinski definition) is 1. The number of carboxylic acid groups (broad SMARTS) is 1. The molecule has 0 radical (unpaired) electrons. The van der Waals surface area contributed by atoms with Gasteiger partial charge in [0.25, 0.3) is 0 Å². The van der Waals surface area contributed by atoms with Crippen LogP contribution in [0.5, 0.6) is 0 Å². The molecule has 0 aromatic heterocycles. The quantitative estimate of drug-likeness (QED) is 0.856. The van der Waals surface area contributed by atoms with Crippen LogP contribution in [0.15, 0.2) is 41.5 Å². The Morgan fingerprint density at radius 2 is 2.00 bits per heavy atom. The molecule has 1 aliphatic carbocycles. The Balaban J connectivity index is 1.96. The molecular formula is C20H24F2N2O2. The maximum atomic E-state index is 14.0. The Labute approximate surface area is 152 Å². The first-order chi connectivity index (χ1) is 12.1. The number of hydrogen-bond acceptors (Lipinski definition) is 3. The van der Waals surface area contributed by atoms with Crippen LogP contribution in [0.25, 0.3) is 0 Å². The fourth-order valence-electron chi connectivity index (χ4n) is 3.69. The number of anilines is 1. The van der Waals surface area contributed by atoms with E-state index in [-0.39, 0.29) is 6.04 Å². The molecule has 4 nitrogen and oxygen atoms in total. The summed E-state index contributed by atoms with van der Waals surface area (Å²) in [6, 6.07) is 4.22. The summed E-state index contributed by atoms with van der Waals surface area (Å²) in [4.78, 5) is 10.9. The number of nitrogens with zero attached hydrogens (tertiary/aromatic N) is 2. The minimum absolute atomic E-state index is 0.0435. The van der Waals surface area contributed by atoms with Crippen molar-refractivity contribution in [3.8, 4) is 0 Å². The van der Waals surface area contributed by atoms with Gasteiger partial charge in [-0.25, -0.2) is 9.80 Å². The molecule has 1 N–H and O–H groups in total. The van der Waals surface area contributed by atoms with Crippen LogP contribution in [0, 0.1) is 5.92 Å². The molecule has 2 aliphatic rings. The summed E-state index contributed by atoms with van der Waals surface area (Å²) < 4.78 is 28.0. The van der Waals surface area contributed by atoms with Crippen molar-refractivity contribution in [3.63, 3.8) is 0 Å². The molecule has 0 spiro atoms. The Hall–Kier alpha value is -2.21. The first kappa shape index (κ1) is 18.6. The van der Waals surface area contributed by atoms with Crippen LogP contribution in [-0.2, 0) is 10.7 Å². The van der Waals surface area contributed by atoms with E-state index in [1.54, 1.807) is 6.07 Å². The second-order valence-electron chi connectivity index (χ2n) is 7.31. The smallest absolute Gasteiger partial charge is 0.379 e.